The predicted octanol–water partition coefficient (Wildman–Crippen LogP) is 3.00. The summed E-state index contributed by atoms with van der Waals surface area (Å²) in [6.07, 6.45) is 1.99. The van der Waals surface area contributed by atoms with E-state index in [9.17, 15) is 9.59 Å². The lowest BCUT2D eigenvalue weighted by Crippen LogP contribution is -2.32. The van der Waals surface area contributed by atoms with Crippen LogP contribution in [0.3, 0.4) is 0 Å². The molecule has 0 saturated heterocycles. The Bertz CT molecular complexity index is 426. The van der Waals surface area contributed by atoms with Crippen LogP contribution in [0, 0.1) is 5.92 Å². The predicted molar refractivity (Wildman–Crippen MR) is 72.3 cm³/mol. The SMILES string of the molecule is CC(C)CCC(C)NC(=O)c1ccc(C(=O)O)s1. The summed E-state index contributed by atoms with van der Waals surface area (Å²) in [5.41, 5.74) is 0. The lowest BCUT2D eigenvalue weighted by molar-refractivity contribution is 0.0702. The van der Waals surface area contributed by atoms with Gasteiger partial charge < -0.3 is 10.4 Å². The van der Waals surface area contributed by atoms with Gasteiger partial charge in [0.2, 0.25) is 0 Å². The first kappa shape index (κ1) is 14.7. The van der Waals surface area contributed by atoms with E-state index in [0.29, 0.717) is 10.8 Å². The van der Waals surface area contributed by atoms with E-state index in [2.05, 4.69) is 19.2 Å². The molecule has 0 aliphatic heterocycles. The van der Waals surface area contributed by atoms with Crippen LogP contribution in [-0.2, 0) is 0 Å². The van der Waals surface area contributed by atoms with E-state index in [-0.39, 0.29) is 16.8 Å². The van der Waals surface area contributed by atoms with Crippen LogP contribution in [0.2, 0.25) is 0 Å². The largest absolute Gasteiger partial charge is 0.477 e. The molecule has 0 fully saturated rings. The van der Waals surface area contributed by atoms with Gasteiger partial charge in [0.25, 0.3) is 5.91 Å². The molecule has 1 unspecified atom stereocenters. The van der Waals surface area contributed by atoms with Gasteiger partial charge >= 0.3 is 5.97 Å². The van der Waals surface area contributed by atoms with Gasteiger partial charge in [0.1, 0.15) is 4.88 Å². The van der Waals surface area contributed by atoms with Crippen molar-refractivity contribution in [2.45, 2.75) is 39.7 Å². The number of carbonyl (C=O) groups is 2. The second kappa shape index (κ2) is 6.54. The van der Waals surface area contributed by atoms with E-state index in [1.54, 1.807) is 6.07 Å². The Morgan fingerprint density at radius 1 is 1.22 bits per heavy atom. The highest BCUT2D eigenvalue weighted by Crippen LogP contribution is 2.16. The fourth-order valence-electron chi connectivity index (χ4n) is 1.53. The molecule has 0 saturated carbocycles. The fraction of sp³-hybridized carbons (Fsp3) is 0.538. The van der Waals surface area contributed by atoms with Crippen LogP contribution >= 0.6 is 11.3 Å². The molecular formula is C13H19NO3S. The Labute approximate surface area is 111 Å². The quantitative estimate of drug-likeness (QED) is 0.834. The highest BCUT2D eigenvalue weighted by molar-refractivity contribution is 7.15. The van der Waals surface area contributed by atoms with Crippen molar-refractivity contribution in [3.05, 3.63) is 21.9 Å². The van der Waals surface area contributed by atoms with E-state index in [0.717, 1.165) is 24.2 Å². The second-order valence-electron chi connectivity index (χ2n) is 4.81. The van der Waals surface area contributed by atoms with Crippen molar-refractivity contribution in [1.82, 2.24) is 5.32 Å². The monoisotopic (exact) mass is 269 g/mol. The maximum absolute atomic E-state index is 11.8. The Kier molecular flexibility index (Phi) is 5.34. The van der Waals surface area contributed by atoms with Gasteiger partial charge in [-0.3, -0.25) is 4.79 Å². The number of hydrogen-bond acceptors (Lipinski definition) is 3. The fourth-order valence-corrected chi connectivity index (χ4v) is 2.27. The highest BCUT2D eigenvalue weighted by atomic mass is 32.1. The summed E-state index contributed by atoms with van der Waals surface area (Å²) in [6.45, 7) is 6.26. The van der Waals surface area contributed by atoms with Crippen LogP contribution in [0.1, 0.15) is 53.0 Å². The van der Waals surface area contributed by atoms with Crippen molar-refractivity contribution in [3.8, 4) is 0 Å². The van der Waals surface area contributed by atoms with E-state index < -0.39 is 5.97 Å². The minimum atomic E-state index is -0.994. The van der Waals surface area contributed by atoms with Gasteiger partial charge in [0.15, 0.2) is 0 Å². The maximum atomic E-state index is 11.8. The Balaban J connectivity index is 2.51. The average Bonchev–Trinajstić information content (AvgIpc) is 2.75. The second-order valence-corrected chi connectivity index (χ2v) is 5.90. The number of rotatable bonds is 6. The van der Waals surface area contributed by atoms with E-state index in [1.165, 1.54) is 6.07 Å². The maximum Gasteiger partial charge on any atom is 0.345 e. The number of carbonyl (C=O) groups excluding carboxylic acids is 1. The molecule has 1 rings (SSSR count). The molecule has 1 atom stereocenters. The highest BCUT2D eigenvalue weighted by Gasteiger charge is 2.14. The number of carboxylic acids is 1. The lowest BCUT2D eigenvalue weighted by Gasteiger charge is -2.14. The Morgan fingerprint density at radius 2 is 1.83 bits per heavy atom. The summed E-state index contributed by atoms with van der Waals surface area (Å²) in [5, 5.41) is 11.7. The summed E-state index contributed by atoms with van der Waals surface area (Å²) in [5.74, 6) is -0.569. The molecule has 2 N–H and O–H groups in total. The van der Waals surface area contributed by atoms with E-state index in [4.69, 9.17) is 5.11 Å². The summed E-state index contributed by atoms with van der Waals surface area (Å²) < 4.78 is 0. The van der Waals surface area contributed by atoms with Crippen molar-refractivity contribution < 1.29 is 14.7 Å². The number of hydrogen-bond donors (Lipinski definition) is 2. The zero-order valence-corrected chi connectivity index (χ0v) is 11.7. The molecule has 18 heavy (non-hydrogen) atoms. The van der Waals surface area contributed by atoms with Crippen molar-refractivity contribution in [1.29, 1.82) is 0 Å². The third-order valence-corrected chi connectivity index (χ3v) is 3.67. The minimum absolute atomic E-state index is 0.107. The molecule has 4 nitrogen and oxygen atoms in total. The molecule has 1 amide bonds. The molecular weight excluding hydrogens is 250 g/mol. The standard InChI is InChI=1S/C13H19NO3S/c1-8(2)4-5-9(3)14-12(15)10-6-7-11(18-10)13(16)17/h6-9H,4-5H2,1-3H3,(H,14,15)(H,16,17). The van der Waals surface area contributed by atoms with Crippen LogP contribution in [0.25, 0.3) is 0 Å². The molecule has 0 aromatic carbocycles. The summed E-state index contributed by atoms with van der Waals surface area (Å²) in [7, 11) is 0. The van der Waals surface area contributed by atoms with Gasteiger partial charge in [-0.05, 0) is 37.8 Å². The first-order valence-electron chi connectivity index (χ1n) is 6.04. The van der Waals surface area contributed by atoms with Crippen LogP contribution < -0.4 is 5.32 Å². The molecule has 5 heteroatoms. The van der Waals surface area contributed by atoms with Gasteiger partial charge in [-0.25, -0.2) is 4.79 Å². The van der Waals surface area contributed by atoms with E-state index in [1.807, 2.05) is 6.92 Å². The molecule has 0 aliphatic carbocycles. The lowest BCUT2D eigenvalue weighted by atomic mass is 10.0. The average molecular weight is 269 g/mol. The molecule has 100 valence electrons. The Morgan fingerprint density at radius 3 is 2.33 bits per heavy atom. The van der Waals surface area contributed by atoms with Gasteiger partial charge in [-0.1, -0.05) is 13.8 Å². The molecule has 0 bridgehead atoms. The summed E-state index contributed by atoms with van der Waals surface area (Å²) in [4.78, 5) is 23.2. The molecule has 1 aromatic rings. The van der Waals surface area contributed by atoms with E-state index >= 15 is 0 Å². The molecule has 0 spiro atoms. The van der Waals surface area contributed by atoms with Crippen LogP contribution in [0.15, 0.2) is 12.1 Å². The van der Waals surface area contributed by atoms with Gasteiger partial charge in [-0.15, -0.1) is 11.3 Å². The zero-order chi connectivity index (χ0) is 13.7. The number of amides is 1. The van der Waals surface area contributed by atoms with Gasteiger partial charge in [0, 0.05) is 6.04 Å². The van der Waals surface area contributed by atoms with Crippen molar-refractivity contribution in [2.75, 3.05) is 0 Å². The molecule has 1 heterocycles. The Hall–Kier alpha value is -1.36. The molecule has 0 radical (unpaired) electrons. The number of thiophene rings is 1. The van der Waals surface area contributed by atoms with Crippen molar-refractivity contribution >= 4 is 23.2 Å². The summed E-state index contributed by atoms with van der Waals surface area (Å²) in [6, 6.07) is 3.12. The number of carboxylic acid groups (broad SMARTS) is 1. The minimum Gasteiger partial charge on any atom is -0.477 e. The van der Waals surface area contributed by atoms with Crippen LogP contribution in [-0.4, -0.2) is 23.0 Å². The smallest absolute Gasteiger partial charge is 0.345 e. The van der Waals surface area contributed by atoms with Crippen LogP contribution in [0.5, 0.6) is 0 Å². The van der Waals surface area contributed by atoms with Crippen LogP contribution in [0.4, 0.5) is 0 Å². The number of aromatic carboxylic acids is 1. The van der Waals surface area contributed by atoms with Gasteiger partial charge in [-0.2, -0.15) is 0 Å². The third-order valence-electron chi connectivity index (χ3n) is 2.60. The summed E-state index contributed by atoms with van der Waals surface area (Å²) >= 11 is 1.00. The third kappa shape index (κ3) is 4.49. The first-order valence-corrected chi connectivity index (χ1v) is 6.85. The van der Waals surface area contributed by atoms with Gasteiger partial charge in [0.05, 0.1) is 4.88 Å². The molecule has 1 aromatic heterocycles. The number of nitrogens with one attached hydrogen (secondary N) is 1. The normalized spacial score (nSPS) is 12.4. The molecule has 0 aliphatic rings. The first-order chi connectivity index (χ1) is 8.40. The van der Waals surface area contributed by atoms with Crippen molar-refractivity contribution in [2.24, 2.45) is 5.92 Å². The topological polar surface area (TPSA) is 66.4 Å². The van der Waals surface area contributed by atoms with Crippen molar-refractivity contribution in [3.63, 3.8) is 0 Å². The zero-order valence-electron chi connectivity index (χ0n) is 10.9.